The Balaban J connectivity index is 1.85. The van der Waals surface area contributed by atoms with Gasteiger partial charge in [-0.1, -0.05) is 11.6 Å². The topological polar surface area (TPSA) is 58.2 Å². The lowest BCUT2D eigenvalue weighted by Crippen LogP contribution is -2.26. The van der Waals surface area contributed by atoms with Gasteiger partial charge >= 0.3 is 0 Å². The SMILES string of the molecule is O=S(=O)(NC1CC1)c1cc(F)c(Cl)c(CNC2CC2)c1. The fourth-order valence-corrected chi connectivity index (χ4v) is 3.48. The lowest BCUT2D eigenvalue weighted by Gasteiger charge is -2.11. The van der Waals surface area contributed by atoms with E-state index in [1.165, 1.54) is 6.07 Å². The van der Waals surface area contributed by atoms with Gasteiger partial charge in [-0.05, 0) is 43.4 Å². The third kappa shape index (κ3) is 3.31. The van der Waals surface area contributed by atoms with Gasteiger partial charge in [-0.25, -0.2) is 17.5 Å². The molecule has 0 atom stereocenters. The molecule has 7 heteroatoms. The Hall–Kier alpha value is -0.690. The van der Waals surface area contributed by atoms with Crippen molar-refractivity contribution in [1.29, 1.82) is 0 Å². The van der Waals surface area contributed by atoms with Crippen LogP contribution >= 0.6 is 11.6 Å². The zero-order valence-corrected chi connectivity index (χ0v) is 12.4. The van der Waals surface area contributed by atoms with Gasteiger partial charge in [0.2, 0.25) is 10.0 Å². The van der Waals surface area contributed by atoms with Crippen molar-refractivity contribution in [2.75, 3.05) is 0 Å². The van der Waals surface area contributed by atoms with Crippen LogP contribution in [0.25, 0.3) is 0 Å². The fraction of sp³-hybridized carbons (Fsp3) is 0.538. The molecule has 0 radical (unpaired) electrons. The molecular weight excluding hydrogens is 303 g/mol. The highest BCUT2D eigenvalue weighted by Crippen LogP contribution is 2.28. The summed E-state index contributed by atoms with van der Waals surface area (Å²) in [5.41, 5.74) is 0.481. The minimum Gasteiger partial charge on any atom is -0.310 e. The van der Waals surface area contributed by atoms with Crippen LogP contribution in [0.15, 0.2) is 17.0 Å². The van der Waals surface area contributed by atoms with Gasteiger partial charge in [-0.2, -0.15) is 0 Å². The Bertz CT molecular complexity index is 628. The molecule has 0 spiro atoms. The number of hydrogen-bond donors (Lipinski definition) is 2. The van der Waals surface area contributed by atoms with Gasteiger partial charge < -0.3 is 5.32 Å². The summed E-state index contributed by atoms with van der Waals surface area (Å²) in [5.74, 6) is -0.696. The zero-order valence-electron chi connectivity index (χ0n) is 10.8. The normalized spacial score (nSPS) is 19.3. The first-order chi connectivity index (χ1) is 9.45. The fourth-order valence-electron chi connectivity index (χ4n) is 1.93. The maximum Gasteiger partial charge on any atom is 0.240 e. The van der Waals surface area contributed by atoms with Crippen LogP contribution in [-0.4, -0.2) is 20.5 Å². The molecule has 0 unspecified atom stereocenters. The molecule has 4 nitrogen and oxygen atoms in total. The van der Waals surface area contributed by atoms with Crippen molar-refractivity contribution < 1.29 is 12.8 Å². The van der Waals surface area contributed by atoms with Crippen LogP contribution in [-0.2, 0) is 16.6 Å². The molecular formula is C13H16ClFN2O2S. The summed E-state index contributed by atoms with van der Waals surface area (Å²) in [6.07, 6.45) is 3.87. The number of sulfonamides is 1. The molecule has 0 saturated heterocycles. The molecule has 110 valence electrons. The van der Waals surface area contributed by atoms with Crippen LogP contribution in [0.5, 0.6) is 0 Å². The summed E-state index contributed by atoms with van der Waals surface area (Å²) in [6, 6.07) is 2.87. The predicted octanol–water partition coefficient (Wildman–Crippen LogP) is 2.17. The largest absolute Gasteiger partial charge is 0.310 e. The average molecular weight is 319 g/mol. The van der Waals surface area contributed by atoms with E-state index in [1.807, 2.05) is 0 Å². The van der Waals surface area contributed by atoms with Gasteiger partial charge in [-0.3, -0.25) is 0 Å². The minimum absolute atomic E-state index is 0.00761. The quantitative estimate of drug-likeness (QED) is 0.845. The van der Waals surface area contributed by atoms with Crippen LogP contribution in [0.2, 0.25) is 5.02 Å². The lowest BCUT2D eigenvalue weighted by atomic mass is 10.2. The van der Waals surface area contributed by atoms with E-state index in [9.17, 15) is 12.8 Å². The molecule has 2 saturated carbocycles. The summed E-state index contributed by atoms with van der Waals surface area (Å²) in [6.45, 7) is 0.382. The molecule has 0 amide bonds. The molecule has 1 aromatic rings. The molecule has 2 aliphatic carbocycles. The van der Waals surface area contributed by atoms with Crippen molar-refractivity contribution in [1.82, 2.24) is 10.0 Å². The maximum absolute atomic E-state index is 13.8. The number of nitrogens with one attached hydrogen (secondary N) is 2. The van der Waals surface area contributed by atoms with Gasteiger partial charge in [0, 0.05) is 18.6 Å². The number of halogens is 2. The highest BCUT2D eigenvalue weighted by Gasteiger charge is 2.29. The second kappa shape index (κ2) is 5.26. The molecule has 2 aliphatic rings. The van der Waals surface area contributed by atoms with Crippen LogP contribution < -0.4 is 10.0 Å². The second-order valence-electron chi connectivity index (χ2n) is 5.43. The smallest absolute Gasteiger partial charge is 0.240 e. The summed E-state index contributed by atoms with van der Waals surface area (Å²) < 4.78 is 40.6. The first-order valence-corrected chi connectivity index (χ1v) is 8.55. The summed E-state index contributed by atoms with van der Waals surface area (Å²) in [7, 11) is -3.66. The summed E-state index contributed by atoms with van der Waals surface area (Å²) >= 11 is 5.91. The van der Waals surface area contributed by atoms with Gasteiger partial charge in [0.15, 0.2) is 0 Å². The van der Waals surface area contributed by atoms with Crippen LogP contribution in [0, 0.1) is 5.82 Å². The first-order valence-electron chi connectivity index (χ1n) is 6.69. The molecule has 3 rings (SSSR count). The average Bonchev–Trinajstić information content (AvgIpc) is 3.24. The van der Waals surface area contributed by atoms with Crippen molar-refractivity contribution in [3.05, 3.63) is 28.5 Å². The monoisotopic (exact) mass is 318 g/mol. The van der Waals surface area contributed by atoms with Crippen LogP contribution in [0.4, 0.5) is 4.39 Å². The van der Waals surface area contributed by atoms with Crippen molar-refractivity contribution in [3.8, 4) is 0 Å². The summed E-state index contributed by atoms with van der Waals surface area (Å²) in [4.78, 5) is -0.0566. The van der Waals surface area contributed by atoms with E-state index in [2.05, 4.69) is 10.0 Å². The lowest BCUT2D eigenvalue weighted by molar-refractivity contribution is 0.575. The Kier molecular flexibility index (Phi) is 3.75. The van der Waals surface area contributed by atoms with Crippen molar-refractivity contribution >= 4 is 21.6 Å². The Labute approximate surface area is 122 Å². The maximum atomic E-state index is 13.8. The molecule has 20 heavy (non-hydrogen) atoms. The van der Waals surface area contributed by atoms with Gasteiger partial charge in [0.05, 0.1) is 9.92 Å². The second-order valence-corrected chi connectivity index (χ2v) is 7.52. The van der Waals surface area contributed by atoms with Crippen molar-refractivity contribution in [3.63, 3.8) is 0 Å². The van der Waals surface area contributed by atoms with E-state index in [4.69, 9.17) is 11.6 Å². The number of rotatable bonds is 6. The Morgan fingerprint density at radius 3 is 2.45 bits per heavy atom. The van der Waals surface area contributed by atoms with Crippen molar-refractivity contribution in [2.24, 2.45) is 0 Å². The van der Waals surface area contributed by atoms with Gasteiger partial charge in [-0.15, -0.1) is 0 Å². The molecule has 0 bridgehead atoms. The standard InChI is InChI=1S/C13H16ClFN2O2S/c14-13-8(7-16-9-1-2-9)5-11(6-12(13)15)20(18,19)17-10-3-4-10/h5-6,9-10,16-17H,1-4,7H2. The minimum atomic E-state index is -3.66. The number of hydrogen-bond acceptors (Lipinski definition) is 3. The molecule has 2 N–H and O–H groups in total. The van der Waals surface area contributed by atoms with Crippen molar-refractivity contribution in [2.45, 2.75) is 49.2 Å². The van der Waals surface area contributed by atoms with Gasteiger partial charge in [0.1, 0.15) is 5.82 Å². The van der Waals surface area contributed by atoms with E-state index < -0.39 is 15.8 Å². The summed E-state index contributed by atoms with van der Waals surface area (Å²) in [5, 5.41) is 3.20. The molecule has 2 fully saturated rings. The molecule has 0 heterocycles. The molecule has 1 aromatic carbocycles. The highest BCUT2D eigenvalue weighted by molar-refractivity contribution is 7.89. The van der Waals surface area contributed by atoms with Gasteiger partial charge in [0.25, 0.3) is 0 Å². The Morgan fingerprint density at radius 2 is 1.85 bits per heavy atom. The van der Waals surface area contributed by atoms with E-state index in [0.717, 1.165) is 31.7 Å². The predicted molar refractivity (Wildman–Crippen MR) is 74.6 cm³/mol. The van der Waals surface area contributed by atoms with Crippen LogP contribution in [0.1, 0.15) is 31.2 Å². The third-order valence-electron chi connectivity index (χ3n) is 3.45. The zero-order chi connectivity index (χ0) is 14.3. The van der Waals surface area contributed by atoms with E-state index in [-0.39, 0.29) is 16.0 Å². The van der Waals surface area contributed by atoms with Crippen LogP contribution in [0.3, 0.4) is 0 Å². The van der Waals surface area contributed by atoms with E-state index >= 15 is 0 Å². The molecule has 0 aromatic heterocycles. The van der Waals surface area contributed by atoms with E-state index in [0.29, 0.717) is 18.2 Å². The highest BCUT2D eigenvalue weighted by atomic mass is 35.5. The molecule has 0 aliphatic heterocycles. The number of benzene rings is 1. The first kappa shape index (κ1) is 14.3. The third-order valence-corrected chi connectivity index (χ3v) is 5.37. The van der Waals surface area contributed by atoms with E-state index in [1.54, 1.807) is 0 Å². The Morgan fingerprint density at radius 1 is 1.20 bits per heavy atom.